The van der Waals surface area contributed by atoms with Crippen molar-refractivity contribution < 1.29 is 0 Å². The Balaban J connectivity index is 2.34. The fourth-order valence-corrected chi connectivity index (χ4v) is 1.12. The van der Waals surface area contributed by atoms with Crippen LogP contribution in [0.3, 0.4) is 0 Å². The molecule has 4 nitrogen and oxygen atoms in total. The standard InChI is InChI=1S/C10H10N4/c11-4-9-6-14-10(7-13-9)8-2-1-3-12-5-8/h1-3,5-7H,4,11H2. The highest BCUT2D eigenvalue weighted by Gasteiger charge is 1.98. The number of pyridine rings is 1. The molecule has 2 aromatic rings. The monoisotopic (exact) mass is 186 g/mol. The van der Waals surface area contributed by atoms with E-state index in [1.165, 1.54) is 0 Å². The molecule has 0 spiro atoms. The predicted molar refractivity (Wildman–Crippen MR) is 53.2 cm³/mol. The third kappa shape index (κ3) is 1.75. The van der Waals surface area contributed by atoms with Gasteiger partial charge in [0.05, 0.1) is 23.8 Å². The van der Waals surface area contributed by atoms with Crippen LogP contribution in [0.15, 0.2) is 36.9 Å². The fourth-order valence-electron chi connectivity index (χ4n) is 1.12. The molecule has 0 fully saturated rings. The highest BCUT2D eigenvalue weighted by atomic mass is 14.8. The molecule has 70 valence electrons. The zero-order valence-corrected chi connectivity index (χ0v) is 7.59. The van der Waals surface area contributed by atoms with Gasteiger partial charge in [-0.2, -0.15) is 0 Å². The molecule has 0 aliphatic heterocycles. The molecule has 2 heterocycles. The maximum Gasteiger partial charge on any atom is 0.0900 e. The van der Waals surface area contributed by atoms with Crippen LogP contribution in [0.2, 0.25) is 0 Å². The van der Waals surface area contributed by atoms with E-state index in [0.717, 1.165) is 17.0 Å². The van der Waals surface area contributed by atoms with Crippen molar-refractivity contribution in [2.24, 2.45) is 5.73 Å². The lowest BCUT2D eigenvalue weighted by atomic mass is 10.2. The van der Waals surface area contributed by atoms with E-state index in [4.69, 9.17) is 5.73 Å². The van der Waals surface area contributed by atoms with Gasteiger partial charge in [0.1, 0.15) is 0 Å². The van der Waals surface area contributed by atoms with Gasteiger partial charge in [-0.05, 0) is 12.1 Å². The smallest absolute Gasteiger partial charge is 0.0900 e. The molecule has 0 amide bonds. The topological polar surface area (TPSA) is 64.7 Å². The summed E-state index contributed by atoms with van der Waals surface area (Å²) >= 11 is 0. The first kappa shape index (κ1) is 8.77. The maximum absolute atomic E-state index is 5.42. The van der Waals surface area contributed by atoms with Crippen LogP contribution in [0, 0.1) is 0 Å². The molecule has 0 unspecified atom stereocenters. The van der Waals surface area contributed by atoms with E-state index in [-0.39, 0.29) is 0 Å². The average Bonchev–Trinajstić information content (AvgIpc) is 2.30. The summed E-state index contributed by atoms with van der Waals surface area (Å²) in [6.45, 7) is 0.417. The molecular weight excluding hydrogens is 176 g/mol. The van der Waals surface area contributed by atoms with Crippen LogP contribution in [0.4, 0.5) is 0 Å². The third-order valence-corrected chi connectivity index (χ3v) is 1.87. The van der Waals surface area contributed by atoms with Crippen molar-refractivity contribution in [1.29, 1.82) is 0 Å². The molecule has 4 heteroatoms. The summed E-state index contributed by atoms with van der Waals surface area (Å²) in [7, 11) is 0. The highest BCUT2D eigenvalue weighted by Crippen LogP contribution is 2.12. The van der Waals surface area contributed by atoms with Gasteiger partial charge in [0, 0.05) is 24.5 Å². The van der Waals surface area contributed by atoms with E-state index >= 15 is 0 Å². The number of aromatic nitrogens is 3. The number of nitrogens with zero attached hydrogens (tertiary/aromatic N) is 3. The zero-order valence-electron chi connectivity index (χ0n) is 7.59. The van der Waals surface area contributed by atoms with E-state index in [1.807, 2.05) is 12.1 Å². The van der Waals surface area contributed by atoms with Gasteiger partial charge in [0.25, 0.3) is 0 Å². The van der Waals surface area contributed by atoms with Crippen molar-refractivity contribution in [3.05, 3.63) is 42.6 Å². The van der Waals surface area contributed by atoms with Gasteiger partial charge in [-0.1, -0.05) is 0 Å². The van der Waals surface area contributed by atoms with E-state index in [0.29, 0.717) is 6.54 Å². The maximum atomic E-state index is 5.42. The van der Waals surface area contributed by atoms with E-state index < -0.39 is 0 Å². The van der Waals surface area contributed by atoms with E-state index in [2.05, 4.69) is 15.0 Å². The van der Waals surface area contributed by atoms with Crippen LogP contribution in [0.5, 0.6) is 0 Å². The summed E-state index contributed by atoms with van der Waals surface area (Å²) in [5.74, 6) is 0. The number of hydrogen-bond donors (Lipinski definition) is 1. The van der Waals surface area contributed by atoms with Crippen molar-refractivity contribution in [2.75, 3.05) is 0 Å². The summed E-state index contributed by atoms with van der Waals surface area (Å²) in [6.07, 6.45) is 6.87. The van der Waals surface area contributed by atoms with Crippen molar-refractivity contribution in [2.45, 2.75) is 6.54 Å². The van der Waals surface area contributed by atoms with Crippen LogP contribution < -0.4 is 5.73 Å². The van der Waals surface area contributed by atoms with Crippen molar-refractivity contribution >= 4 is 0 Å². The summed E-state index contributed by atoms with van der Waals surface area (Å²) in [5.41, 5.74) is 7.99. The Morgan fingerprint density at radius 2 is 2.07 bits per heavy atom. The molecule has 0 atom stereocenters. The Bertz CT molecular complexity index is 396. The summed E-state index contributed by atoms with van der Waals surface area (Å²) in [6, 6.07) is 3.81. The number of nitrogens with two attached hydrogens (primary N) is 1. The lowest BCUT2D eigenvalue weighted by molar-refractivity contribution is 0.965. The van der Waals surface area contributed by atoms with Crippen molar-refractivity contribution in [3.8, 4) is 11.3 Å². The zero-order chi connectivity index (χ0) is 9.80. The Kier molecular flexibility index (Phi) is 2.46. The minimum absolute atomic E-state index is 0.417. The fraction of sp³-hybridized carbons (Fsp3) is 0.100. The van der Waals surface area contributed by atoms with Crippen LogP contribution in [-0.4, -0.2) is 15.0 Å². The van der Waals surface area contributed by atoms with Crippen molar-refractivity contribution in [1.82, 2.24) is 15.0 Å². The molecule has 2 rings (SSSR count). The normalized spacial score (nSPS) is 10.1. The third-order valence-electron chi connectivity index (χ3n) is 1.87. The van der Waals surface area contributed by atoms with Crippen molar-refractivity contribution in [3.63, 3.8) is 0 Å². The highest BCUT2D eigenvalue weighted by molar-refractivity contribution is 5.55. The average molecular weight is 186 g/mol. The summed E-state index contributed by atoms with van der Waals surface area (Å²) in [4.78, 5) is 12.4. The van der Waals surface area contributed by atoms with E-state index in [1.54, 1.807) is 24.8 Å². The van der Waals surface area contributed by atoms with Crippen LogP contribution in [0.25, 0.3) is 11.3 Å². The van der Waals surface area contributed by atoms with Crippen LogP contribution >= 0.6 is 0 Å². The molecule has 0 radical (unpaired) electrons. The first-order valence-corrected chi connectivity index (χ1v) is 4.31. The first-order valence-electron chi connectivity index (χ1n) is 4.31. The number of rotatable bonds is 2. The Morgan fingerprint density at radius 3 is 2.64 bits per heavy atom. The summed E-state index contributed by atoms with van der Waals surface area (Å²) in [5, 5.41) is 0. The molecule has 0 saturated heterocycles. The predicted octanol–water partition coefficient (Wildman–Crippen LogP) is 0.997. The second-order valence-corrected chi connectivity index (χ2v) is 2.84. The van der Waals surface area contributed by atoms with Gasteiger partial charge >= 0.3 is 0 Å². The van der Waals surface area contributed by atoms with E-state index in [9.17, 15) is 0 Å². The molecule has 14 heavy (non-hydrogen) atoms. The second kappa shape index (κ2) is 3.93. The first-order chi connectivity index (χ1) is 6.90. The minimum atomic E-state index is 0.417. The Hall–Kier alpha value is -1.81. The van der Waals surface area contributed by atoms with Gasteiger partial charge in [0.15, 0.2) is 0 Å². The molecule has 0 saturated carbocycles. The Morgan fingerprint density at radius 1 is 1.14 bits per heavy atom. The molecular formula is C10H10N4. The second-order valence-electron chi connectivity index (χ2n) is 2.84. The molecule has 0 aromatic carbocycles. The molecule has 0 aliphatic rings. The lowest BCUT2D eigenvalue weighted by Crippen LogP contribution is -2.00. The van der Waals surface area contributed by atoms with Gasteiger partial charge in [-0.25, -0.2) is 0 Å². The molecule has 0 bridgehead atoms. The molecule has 2 aromatic heterocycles. The van der Waals surface area contributed by atoms with Crippen LogP contribution in [0.1, 0.15) is 5.69 Å². The van der Waals surface area contributed by atoms with Gasteiger partial charge in [-0.15, -0.1) is 0 Å². The Labute approximate surface area is 81.9 Å². The van der Waals surface area contributed by atoms with Gasteiger partial charge in [-0.3, -0.25) is 15.0 Å². The lowest BCUT2D eigenvalue weighted by Gasteiger charge is -1.99. The molecule has 0 aliphatic carbocycles. The quantitative estimate of drug-likeness (QED) is 0.759. The minimum Gasteiger partial charge on any atom is -0.325 e. The number of hydrogen-bond acceptors (Lipinski definition) is 4. The molecule has 2 N–H and O–H groups in total. The van der Waals surface area contributed by atoms with Gasteiger partial charge < -0.3 is 5.73 Å². The SMILES string of the molecule is NCc1cnc(-c2cccnc2)cn1. The van der Waals surface area contributed by atoms with Gasteiger partial charge in [0.2, 0.25) is 0 Å². The summed E-state index contributed by atoms with van der Waals surface area (Å²) < 4.78 is 0. The largest absolute Gasteiger partial charge is 0.325 e. The van der Waals surface area contributed by atoms with Crippen LogP contribution in [-0.2, 0) is 6.54 Å².